The molecular weight excluding hydrogens is 617 g/mol. The maximum Gasteiger partial charge on any atom is 0.0492 e. The van der Waals surface area contributed by atoms with Gasteiger partial charge < -0.3 is 9.80 Å². The van der Waals surface area contributed by atoms with Crippen molar-refractivity contribution < 1.29 is 0 Å². The topological polar surface area (TPSA) is 6.48 Å². The number of rotatable bonds is 4. The first-order chi connectivity index (χ1) is 25.0. The fraction of sp³-hybridized carbons (Fsp3) is 0.265. The molecule has 4 atom stereocenters. The standard InChI is InChI=1S/C49H44N2/c1-48-25-9-15-44(48)42-30-34(21-23-46(42)50(48)38-11-5-3-6-12-38)32-17-19-36-27-37-20-18-33(29-41(37)40(36)28-32)35-22-24-47-43(31-35)45-16-10-26-49(45,2)51(47)39-13-7-4-8-14-39/h3-8,11-14,17-24,28-31,44-45H,9-10,15-16,25-27H2,1-2H3. The molecule has 11 rings (SSSR count). The molecule has 0 spiro atoms. The zero-order valence-electron chi connectivity index (χ0n) is 29.7. The average molecular weight is 661 g/mol. The van der Waals surface area contributed by atoms with Gasteiger partial charge in [-0.15, -0.1) is 0 Å². The highest BCUT2D eigenvalue weighted by Gasteiger charge is 2.52. The van der Waals surface area contributed by atoms with Crippen molar-refractivity contribution in [1.82, 2.24) is 0 Å². The average Bonchev–Trinajstić information content (AvgIpc) is 3.94. The van der Waals surface area contributed by atoms with Crippen molar-refractivity contribution >= 4 is 22.7 Å². The quantitative estimate of drug-likeness (QED) is 0.185. The van der Waals surface area contributed by atoms with Gasteiger partial charge in [0.2, 0.25) is 0 Å². The minimum Gasteiger partial charge on any atom is -0.335 e. The first-order valence-corrected chi connectivity index (χ1v) is 19.3. The van der Waals surface area contributed by atoms with Gasteiger partial charge in [0, 0.05) is 45.7 Å². The molecule has 4 unspecified atom stereocenters. The number of benzene rings is 6. The van der Waals surface area contributed by atoms with E-state index in [-0.39, 0.29) is 11.1 Å². The molecule has 2 fully saturated rings. The molecule has 0 bridgehead atoms. The second-order valence-electron chi connectivity index (χ2n) is 16.4. The highest BCUT2D eigenvalue weighted by atomic mass is 15.2. The molecule has 2 heterocycles. The van der Waals surface area contributed by atoms with Crippen LogP contribution in [0.1, 0.15) is 86.5 Å². The van der Waals surface area contributed by atoms with Crippen molar-refractivity contribution in [2.75, 3.05) is 9.80 Å². The Balaban J connectivity index is 0.956. The lowest BCUT2D eigenvalue weighted by Gasteiger charge is -2.37. The predicted molar refractivity (Wildman–Crippen MR) is 213 cm³/mol. The molecule has 2 heteroatoms. The third-order valence-electron chi connectivity index (χ3n) is 13.7. The summed E-state index contributed by atoms with van der Waals surface area (Å²) < 4.78 is 0. The molecule has 0 amide bonds. The fourth-order valence-electron chi connectivity index (χ4n) is 11.3. The Hall–Kier alpha value is -5.08. The fourth-order valence-corrected chi connectivity index (χ4v) is 11.3. The van der Waals surface area contributed by atoms with Crippen LogP contribution in [0.25, 0.3) is 33.4 Å². The minimum atomic E-state index is 0.142. The van der Waals surface area contributed by atoms with E-state index in [4.69, 9.17) is 0 Å². The number of nitrogens with zero attached hydrogens (tertiary/aromatic N) is 2. The van der Waals surface area contributed by atoms with E-state index in [1.165, 1.54) is 117 Å². The summed E-state index contributed by atoms with van der Waals surface area (Å²) in [6, 6.07) is 51.2. The zero-order chi connectivity index (χ0) is 33.9. The van der Waals surface area contributed by atoms with Crippen LogP contribution in [0.5, 0.6) is 0 Å². The van der Waals surface area contributed by atoms with Gasteiger partial charge in [0.05, 0.1) is 0 Å². The smallest absolute Gasteiger partial charge is 0.0492 e. The summed E-state index contributed by atoms with van der Waals surface area (Å²) in [4.78, 5) is 5.30. The Labute approximate surface area is 302 Å². The van der Waals surface area contributed by atoms with E-state index >= 15 is 0 Å². The Bertz CT molecular complexity index is 2190. The van der Waals surface area contributed by atoms with Gasteiger partial charge in [-0.3, -0.25) is 0 Å². The molecule has 0 saturated heterocycles. The number of anilines is 4. The van der Waals surface area contributed by atoms with Crippen LogP contribution < -0.4 is 9.80 Å². The monoisotopic (exact) mass is 660 g/mol. The first kappa shape index (κ1) is 29.6. The molecule has 2 aliphatic heterocycles. The van der Waals surface area contributed by atoms with Crippen LogP contribution in [0.3, 0.4) is 0 Å². The van der Waals surface area contributed by atoms with Gasteiger partial charge in [-0.2, -0.15) is 0 Å². The van der Waals surface area contributed by atoms with Gasteiger partial charge in [0.25, 0.3) is 0 Å². The summed E-state index contributed by atoms with van der Waals surface area (Å²) in [7, 11) is 0. The van der Waals surface area contributed by atoms with E-state index in [0.29, 0.717) is 11.8 Å². The molecule has 3 aliphatic carbocycles. The lowest BCUT2D eigenvalue weighted by molar-refractivity contribution is 0.451. The van der Waals surface area contributed by atoms with Gasteiger partial charge in [-0.05, 0) is 162 Å². The molecule has 0 N–H and O–H groups in total. The van der Waals surface area contributed by atoms with Crippen LogP contribution in [0.15, 0.2) is 133 Å². The van der Waals surface area contributed by atoms with E-state index in [0.717, 1.165) is 6.42 Å². The molecule has 6 aromatic rings. The third-order valence-corrected chi connectivity index (χ3v) is 13.7. The van der Waals surface area contributed by atoms with Gasteiger partial charge >= 0.3 is 0 Å². The van der Waals surface area contributed by atoms with Gasteiger partial charge in [-0.1, -0.05) is 85.6 Å². The molecular formula is C49H44N2. The van der Waals surface area contributed by atoms with Gasteiger partial charge in [0.1, 0.15) is 0 Å². The Morgan fingerprint density at radius 1 is 0.471 bits per heavy atom. The van der Waals surface area contributed by atoms with E-state index in [9.17, 15) is 0 Å². The second kappa shape index (κ2) is 10.7. The Morgan fingerprint density at radius 3 is 1.33 bits per heavy atom. The van der Waals surface area contributed by atoms with Crippen molar-refractivity contribution in [2.24, 2.45) is 0 Å². The highest BCUT2D eigenvalue weighted by molar-refractivity contribution is 5.87. The number of hydrogen-bond acceptors (Lipinski definition) is 2. The Morgan fingerprint density at radius 2 is 0.882 bits per heavy atom. The van der Waals surface area contributed by atoms with E-state index < -0.39 is 0 Å². The van der Waals surface area contributed by atoms with Crippen LogP contribution in [0.4, 0.5) is 22.7 Å². The van der Waals surface area contributed by atoms with Crippen molar-refractivity contribution in [1.29, 1.82) is 0 Å². The largest absolute Gasteiger partial charge is 0.335 e. The van der Waals surface area contributed by atoms with Crippen LogP contribution in [-0.2, 0) is 6.42 Å². The molecule has 51 heavy (non-hydrogen) atoms. The number of para-hydroxylation sites is 2. The molecule has 6 aromatic carbocycles. The van der Waals surface area contributed by atoms with E-state index in [2.05, 4.69) is 157 Å². The van der Waals surface area contributed by atoms with E-state index in [1.54, 1.807) is 0 Å². The number of hydrogen-bond donors (Lipinski definition) is 0. The third kappa shape index (κ3) is 4.17. The normalized spacial score (nSPS) is 25.0. The summed E-state index contributed by atoms with van der Waals surface area (Å²) in [6.45, 7) is 4.99. The summed E-state index contributed by atoms with van der Waals surface area (Å²) >= 11 is 0. The second-order valence-corrected chi connectivity index (χ2v) is 16.4. The summed E-state index contributed by atoms with van der Waals surface area (Å²) in [6.07, 6.45) is 8.61. The van der Waals surface area contributed by atoms with Crippen molar-refractivity contribution in [3.8, 4) is 33.4 Å². The highest BCUT2D eigenvalue weighted by Crippen LogP contribution is 2.60. The molecule has 2 saturated carbocycles. The van der Waals surface area contributed by atoms with Crippen molar-refractivity contribution in [3.63, 3.8) is 0 Å². The molecule has 5 aliphatic rings. The summed E-state index contributed by atoms with van der Waals surface area (Å²) in [5.74, 6) is 1.14. The summed E-state index contributed by atoms with van der Waals surface area (Å²) in [5.41, 5.74) is 19.8. The molecule has 0 aromatic heterocycles. The molecule has 250 valence electrons. The lowest BCUT2D eigenvalue weighted by atomic mass is 9.85. The van der Waals surface area contributed by atoms with Crippen LogP contribution in [-0.4, -0.2) is 11.1 Å². The zero-order valence-corrected chi connectivity index (χ0v) is 29.7. The van der Waals surface area contributed by atoms with E-state index in [1.807, 2.05) is 0 Å². The first-order valence-electron chi connectivity index (χ1n) is 19.3. The lowest BCUT2D eigenvalue weighted by Crippen LogP contribution is -2.40. The molecule has 2 nitrogen and oxygen atoms in total. The number of fused-ring (bicyclic) bond motifs is 9. The van der Waals surface area contributed by atoms with Crippen molar-refractivity contribution in [2.45, 2.75) is 81.7 Å². The van der Waals surface area contributed by atoms with Crippen LogP contribution in [0.2, 0.25) is 0 Å². The Kier molecular flexibility index (Phi) is 6.23. The minimum absolute atomic E-state index is 0.142. The van der Waals surface area contributed by atoms with Crippen molar-refractivity contribution in [3.05, 3.63) is 156 Å². The predicted octanol–water partition coefficient (Wildman–Crippen LogP) is 12.9. The maximum absolute atomic E-state index is 2.65. The SMILES string of the molecule is CC12CCCC1c1cc(-c3ccc4c(c3)-c3cc(-c5ccc6c(c5)C5CCCC5(C)N6c5ccccc5)ccc3C4)ccc1N2c1ccccc1. The summed E-state index contributed by atoms with van der Waals surface area (Å²) in [5, 5.41) is 0. The van der Waals surface area contributed by atoms with Crippen LogP contribution in [0, 0.1) is 0 Å². The van der Waals surface area contributed by atoms with Gasteiger partial charge in [0.15, 0.2) is 0 Å². The van der Waals surface area contributed by atoms with Crippen LogP contribution >= 0.6 is 0 Å². The van der Waals surface area contributed by atoms with Gasteiger partial charge in [-0.25, -0.2) is 0 Å². The maximum atomic E-state index is 2.65. The molecule has 0 radical (unpaired) electrons.